The molecular weight excluding hydrogens is 265 g/mol. The molecule has 1 heterocycles. The zero-order valence-corrected chi connectivity index (χ0v) is 9.46. The molecule has 0 saturated carbocycles. The maximum atomic E-state index is 5.95. The van der Waals surface area contributed by atoms with Gasteiger partial charge in [0.25, 0.3) is 0 Å². The number of nitrogens with zero attached hydrogens (tertiary/aromatic N) is 2. The van der Waals surface area contributed by atoms with Gasteiger partial charge in [-0.2, -0.15) is 5.10 Å². The molecular formula is C9H7BrClN3. The SMILES string of the molecule is Nc1ccn(-c2ccc(Br)c(Cl)c2)n1. The van der Waals surface area contributed by atoms with Crippen molar-refractivity contribution in [2.24, 2.45) is 0 Å². The van der Waals surface area contributed by atoms with Crippen LogP contribution < -0.4 is 5.73 Å². The number of benzene rings is 1. The highest BCUT2D eigenvalue weighted by molar-refractivity contribution is 9.10. The highest BCUT2D eigenvalue weighted by atomic mass is 79.9. The predicted molar refractivity (Wildman–Crippen MR) is 60.7 cm³/mol. The van der Waals surface area contributed by atoms with Gasteiger partial charge in [-0.25, -0.2) is 4.68 Å². The van der Waals surface area contributed by atoms with Crippen LogP contribution >= 0.6 is 27.5 Å². The molecule has 14 heavy (non-hydrogen) atoms. The molecule has 0 unspecified atom stereocenters. The Balaban J connectivity index is 2.47. The average molecular weight is 273 g/mol. The lowest BCUT2D eigenvalue weighted by Crippen LogP contribution is -1.95. The molecule has 0 saturated heterocycles. The smallest absolute Gasteiger partial charge is 0.145 e. The van der Waals surface area contributed by atoms with E-state index < -0.39 is 0 Å². The van der Waals surface area contributed by atoms with Crippen LogP contribution in [-0.4, -0.2) is 9.78 Å². The van der Waals surface area contributed by atoms with Crippen molar-refractivity contribution in [2.45, 2.75) is 0 Å². The van der Waals surface area contributed by atoms with Crippen molar-refractivity contribution in [2.75, 3.05) is 5.73 Å². The van der Waals surface area contributed by atoms with Gasteiger partial charge in [-0.05, 0) is 34.1 Å². The van der Waals surface area contributed by atoms with Gasteiger partial charge in [0.15, 0.2) is 0 Å². The number of hydrogen-bond donors (Lipinski definition) is 1. The third-order valence-corrected chi connectivity index (χ3v) is 3.01. The number of anilines is 1. The first-order valence-electron chi connectivity index (χ1n) is 3.93. The van der Waals surface area contributed by atoms with Crippen LogP contribution in [0.15, 0.2) is 34.9 Å². The van der Waals surface area contributed by atoms with E-state index in [1.54, 1.807) is 16.9 Å². The normalized spacial score (nSPS) is 10.4. The fourth-order valence-electron chi connectivity index (χ4n) is 1.11. The van der Waals surface area contributed by atoms with Crippen molar-refractivity contribution in [3.05, 3.63) is 40.0 Å². The van der Waals surface area contributed by atoms with Crippen molar-refractivity contribution in [3.63, 3.8) is 0 Å². The van der Waals surface area contributed by atoms with E-state index in [1.165, 1.54) is 0 Å². The van der Waals surface area contributed by atoms with E-state index in [1.807, 2.05) is 18.2 Å². The van der Waals surface area contributed by atoms with Crippen LogP contribution in [0.4, 0.5) is 5.82 Å². The largest absolute Gasteiger partial charge is 0.382 e. The first-order valence-corrected chi connectivity index (χ1v) is 5.10. The van der Waals surface area contributed by atoms with Crippen molar-refractivity contribution < 1.29 is 0 Å². The number of halogens is 2. The maximum absolute atomic E-state index is 5.95. The van der Waals surface area contributed by atoms with E-state index in [-0.39, 0.29) is 0 Å². The fourth-order valence-corrected chi connectivity index (χ4v) is 1.53. The average Bonchev–Trinajstić information content (AvgIpc) is 2.57. The Kier molecular flexibility index (Phi) is 2.48. The van der Waals surface area contributed by atoms with Gasteiger partial charge in [0, 0.05) is 16.7 Å². The van der Waals surface area contributed by atoms with Crippen molar-refractivity contribution in [3.8, 4) is 5.69 Å². The Morgan fingerprint density at radius 1 is 1.36 bits per heavy atom. The van der Waals surface area contributed by atoms with Gasteiger partial charge in [0.1, 0.15) is 5.82 Å². The summed E-state index contributed by atoms with van der Waals surface area (Å²) in [6, 6.07) is 7.33. The molecule has 0 fully saturated rings. The molecule has 1 aromatic carbocycles. The molecule has 2 aromatic rings. The van der Waals surface area contributed by atoms with Crippen LogP contribution in [0.3, 0.4) is 0 Å². The maximum Gasteiger partial charge on any atom is 0.145 e. The molecule has 5 heteroatoms. The molecule has 2 rings (SSSR count). The zero-order chi connectivity index (χ0) is 10.1. The molecule has 0 aliphatic carbocycles. The van der Waals surface area contributed by atoms with Gasteiger partial charge in [0.05, 0.1) is 10.7 Å². The van der Waals surface area contributed by atoms with Gasteiger partial charge >= 0.3 is 0 Å². The van der Waals surface area contributed by atoms with E-state index in [0.29, 0.717) is 10.8 Å². The highest BCUT2D eigenvalue weighted by Crippen LogP contribution is 2.24. The standard InChI is InChI=1S/C9H7BrClN3/c10-7-2-1-6(5-8(7)11)14-4-3-9(12)13-14/h1-5H,(H2,12,13). The molecule has 1 aromatic heterocycles. The van der Waals surface area contributed by atoms with Gasteiger partial charge < -0.3 is 5.73 Å². The molecule has 0 bridgehead atoms. The lowest BCUT2D eigenvalue weighted by molar-refractivity contribution is 0.886. The van der Waals surface area contributed by atoms with Crippen LogP contribution in [0.25, 0.3) is 5.69 Å². The summed E-state index contributed by atoms with van der Waals surface area (Å²) in [7, 11) is 0. The molecule has 72 valence electrons. The Morgan fingerprint density at radius 3 is 2.71 bits per heavy atom. The second kappa shape index (κ2) is 3.63. The Labute approximate surface area is 94.6 Å². The number of nitrogen functional groups attached to an aromatic ring is 1. The Morgan fingerprint density at radius 2 is 2.14 bits per heavy atom. The summed E-state index contributed by atoms with van der Waals surface area (Å²) >= 11 is 9.27. The lowest BCUT2D eigenvalue weighted by atomic mass is 10.3. The minimum atomic E-state index is 0.490. The first-order chi connectivity index (χ1) is 6.66. The Bertz CT molecular complexity index is 467. The third kappa shape index (κ3) is 1.76. The van der Waals surface area contributed by atoms with E-state index in [4.69, 9.17) is 17.3 Å². The number of hydrogen-bond acceptors (Lipinski definition) is 2. The van der Waals surface area contributed by atoms with E-state index >= 15 is 0 Å². The third-order valence-electron chi connectivity index (χ3n) is 1.78. The van der Waals surface area contributed by atoms with E-state index in [2.05, 4.69) is 21.0 Å². The molecule has 0 aliphatic heterocycles. The second-order valence-electron chi connectivity index (χ2n) is 2.78. The molecule has 3 nitrogen and oxygen atoms in total. The molecule has 0 amide bonds. The van der Waals surface area contributed by atoms with Crippen LogP contribution in [-0.2, 0) is 0 Å². The summed E-state index contributed by atoms with van der Waals surface area (Å²) in [6.07, 6.45) is 1.79. The van der Waals surface area contributed by atoms with Crippen molar-refractivity contribution in [1.29, 1.82) is 0 Å². The van der Waals surface area contributed by atoms with E-state index in [9.17, 15) is 0 Å². The minimum absolute atomic E-state index is 0.490. The molecule has 2 N–H and O–H groups in total. The quantitative estimate of drug-likeness (QED) is 0.867. The number of aromatic nitrogens is 2. The van der Waals surface area contributed by atoms with Crippen molar-refractivity contribution >= 4 is 33.3 Å². The summed E-state index contributed by atoms with van der Waals surface area (Å²) in [5.41, 5.74) is 6.39. The lowest BCUT2D eigenvalue weighted by Gasteiger charge is -2.02. The van der Waals surface area contributed by atoms with Crippen LogP contribution in [0.1, 0.15) is 0 Å². The second-order valence-corrected chi connectivity index (χ2v) is 4.05. The molecule has 0 aliphatic rings. The summed E-state index contributed by atoms with van der Waals surface area (Å²) in [5.74, 6) is 0.490. The van der Waals surface area contributed by atoms with Gasteiger partial charge in [-0.1, -0.05) is 11.6 Å². The van der Waals surface area contributed by atoms with Crippen LogP contribution in [0, 0.1) is 0 Å². The molecule has 0 atom stereocenters. The van der Waals surface area contributed by atoms with Crippen LogP contribution in [0.2, 0.25) is 5.02 Å². The van der Waals surface area contributed by atoms with Crippen molar-refractivity contribution in [1.82, 2.24) is 9.78 Å². The minimum Gasteiger partial charge on any atom is -0.382 e. The summed E-state index contributed by atoms with van der Waals surface area (Å²) in [4.78, 5) is 0. The zero-order valence-electron chi connectivity index (χ0n) is 7.11. The monoisotopic (exact) mass is 271 g/mol. The van der Waals surface area contributed by atoms with Gasteiger partial charge in [-0.15, -0.1) is 0 Å². The molecule has 0 spiro atoms. The van der Waals surface area contributed by atoms with E-state index in [0.717, 1.165) is 10.2 Å². The number of rotatable bonds is 1. The van der Waals surface area contributed by atoms with Gasteiger partial charge in [-0.3, -0.25) is 0 Å². The topological polar surface area (TPSA) is 43.8 Å². The predicted octanol–water partition coefficient (Wildman–Crippen LogP) is 2.87. The highest BCUT2D eigenvalue weighted by Gasteiger charge is 2.01. The Hall–Kier alpha value is -1.00. The summed E-state index contributed by atoms with van der Waals surface area (Å²) in [5, 5.41) is 4.72. The summed E-state index contributed by atoms with van der Waals surface area (Å²) < 4.78 is 2.54. The molecule has 0 radical (unpaired) electrons. The first kappa shape index (κ1) is 9.55. The van der Waals surface area contributed by atoms with Gasteiger partial charge in [0.2, 0.25) is 0 Å². The number of nitrogens with two attached hydrogens (primary N) is 1. The fraction of sp³-hybridized carbons (Fsp3) is 0. The van der Waals surface area contributed by atoms with Crippen LogP contribution in [0.5, 0.6) is 0 Å². The summed E-state index contributed by atoms with van der Waals surface area (Å²) in [6.45, 7) is 0.